The summed E-state index contributed by atoms with van der Waals surface area (Å²) in [5, 5.41) is 7.10. The topological polar surface area (TPSA) is 58.1 Å². The minimum Gasteiger partial charge on any atom is -0.497 e. The van der Waals surface area contributed by atoms with E-state index in [2.05, 4.69) is 53.8 Å². The van der Waals surface area contributed by atoms with Crippen LogP contribution in [0, 0.1) is 5.92 Å². The van der Waals surface area contributed by atoms with Crippen molar-refractivity contribution in [3.05, 3.63) is 29.8 Å². The molecule has 0 amide bonds. The summed E-state index contributed by atoms with van der Waals surface area (Å²) in [6, 6.07) is 9.35. The Morgan fingerprint density at radius 1 is 1.24 bits per heavy atom. The summed E-state index contributed by atoms with van der Waals surface area (Å²) in [5.74, 6) is 2.36. The second kappa shape index (κ2) is 9.35. The molecular weight excluding hydrogens is 364 g/mol. The number of piperidine rings is 1. The smallest absolute Gasteiger partial charge is 0.191 e. The lowest BCUT2D eigenvalue weighted by molar-refractivity contribution is 0.0992. The largest absolute Gasteiger partial charge is 0.497 e. The van der Waals surface area contributed by atoms with Crippen LogP contribution in [0.1, 0.15) is 50.6 Å². The lowest BCUT2D eigenvalue weighted by atomic mass is 9.85. The van der Waals surface area contributed by atoms with Gasteiger partial charge in [-0.1, -0.05) is 12.1 Å². The quantitative estimate of drug-likeness (QED) is 0.568. The summed E-state index contributed by atoms with van der Waals surface area (Å²) in [4.78, 5) is 7.50. The number of ether oxygens (including phenoxy) is 2. The second-order valence-corrected chi connectivity index (χ2v) is 8.68. The second-order valence-electron chi connectivity index (χ2n) is 8.68. The molecule has 3 saturated heterocycles. The minimum atomic E-state index is 0.358. The first-order chi connectivity index (χ1) is 14.2. The maximum atomic E-state index is 6.00. The van der Waals surface area contributed by atoms with Gasteiger partial charge in [-0.3, -0.25) is 9.89 Å². The monoisotopic (exact) mass is 400 g/mol. The maximum absolute atomic E-state index is 6.00. The zero-order valence-corrected chi connectivity index (χ0v) is 18.1. The van der Waals surface area contributed by atoms with E-state index in [1.54, 1.807) is 7.11 Å². The SMILES string of the molecule is CCNC(=NCC1CCCN(C)C1c1ccc(OC)cc1)NC1CC2CCC1O2. The number of guanidine groups is 1. The van der Waals surface area contributed by atoms with Gasteiger partial charge in [-0.2, -0.15) is 0 Å². The molecule has 0 spiro atoms. The Labute approximate surface area is 175 Å². The molecule has 5 unspecified atom stereocenters. The zero-order chi connectivity index (χ0) is 20.2. The van der Waals surface area contributed by atoms with Crippen LogP contribution >= 0.6 is 0 Å². The van der Waals surface area contributed by atoms with E-state index in [0.29, 0.717) is 30.2 Å². The van der Waals surface area contributed by atoms with Crippen LogP contribution in [0.5, 0.6) is 5.75 Å². The van der Waals surface area contributed by atoms with Crippen LogP contribution in [0.25, 0.3) is 0 Å². The van der Waals surface area contributed by atoms with Gasteiger partial charge in [0.2, 0.25) is 0 Å². The van der Waals surface area contributed by atoms with Crippen molar-refractivity contribution in [2.45, 2.75) is 63.3 Å². The van der Waals surface area contributed by atoms with Gasteiger partial charge in [0.1, 0.15) is 5.75 Å². The summed E-state index contributed by atoms with van der Waals surface area (Å²) >= 11 is 0. The fourth-order valence-corrected chi connectivity index (χ4v) is 5.27. The molecular formula is C23H36N4O2. The summed E-state index contributed by atoms with van der Waals surface area (Å²) < 4.78 is 11.3. The van der Waals surface area contributed by atoms with Gasteiger partial charge in [-0.25, -0.2) is 0 Å². The molecule has 0 aromatic heterocycles. The third-order valence-corrected chi connectivity index (χ3v) is 6.72. The van der Waals surface area contributed by atoms with Crippen LogP contribution in [-0.4, -0.2) is 62.9 Å². The third-order valence-electron chi connectivity index (χ3n) is 6.72. The summed E-state index contributed by atoms with van der Waals surface area (Å²) in [6.07, 6.45) is 6.75. The van der Waals surface area contributed by atoms with E-state index < -0.39 is 0 Å². The predicted molar refractivity (Wildman–Crippen MR) is 117 cm³/mol. The van der Waals surface area contributed by atoms with E-state index in [1.807, 2.05) is 0 Å². The van der Waals surface area contributed by atoms with Crippen LogP contribution in [0.15, 0.2) is 29.3 Å². The summed E-state index contributed by atoms with van der Waals surface area (Å²) in [7, 11) is 3.95. The van der Waals surface area contributed by atoms with E-state index in [4.69, 9.17) is 14.5 Å². The number of methoxy groups -OCH3 is 1. The van der Waals surface area contributed by atoms with Gasteiger partial charge in [0.25, 0.3) is 0 Å². The number of nitrogens with one attached hydrogen (secondary N) is 2. The first-order valence-corrected chi connectivity index (χ1v) is 11.2. The van der Waals surface area contributed by atoms with Gasteiger partial charge in [-0.05, 0) is 76.2 Å². The number of hydrogen-bond acceptors (Lipinski definition) is 4. The number of nitrogens with zero attached hydrogens (tertiary/aromatic N) is 2. The normalized spacial score (nSPS) is 32.4. The Bertz CT molecular complexity index is 693. The predicted octanol–water partition coefficient (Wildman–Crippen LogP) is 2.95. The molecule has 3 fully saturated rings. The van der Waals surface area contributed by atoms with Crippen molar-refractivity contribution in [3.63, 3.8) is 0 Å². The number of likely N-dealkylation sites (tertiary alicyclic amines) is 1. The van der Waals surface area contributed by atoms with Gasteiger partial charge in [-0.15, -0.1) is 0 Å². The van der Waals surface area contributed by atoms with Gasteiger partial charge in [0, 0.05) is 19.1 Å². The summed E-state index contributed by atoms with van der Waals surface area (Å²) in [5.41, 5.74) is 1.35. The highest BCUT2D eigenvalue weighted by Crippen LogP contribution is 2.36. The first kappa shape index (κ1) is 20.5. The number of fused-ring (bicyclic) bond motifs is 2. The van der Waals surface area contributed by atoms with Crippen LogP contribution in [0.2, 0.25) is 0 Å². The molecule has 29 heavy (non-hydrogen) atoms. The minimum absolute atomic E-state index is 0.358. The van der Waals surface area contributed by atoms with Crippen molar-refractivity contribution in [3.8, 4) is 5.75 Å². The Hall–Kier alpha value is -1.79. The summed E-state index contributed by atoms with van der Waals surface area (Å²) in [6.45, 7) is 4.97. The average Bonchev–Trinajstić information content (AvgIpc) is 3.36. The van der Waals surface area contributed by atoms with Crippen LogP contribution in [0.4, 0.5) is 0 Å². The number of aliphatic imine (C=N–C) groups is 1. The molecule has 2 bridgehead atoms. The highest BCUT2D eigenvalue weighted by molar-refractivity contribution is 5.80. The van der Waals surface area contributed by atoms with E-state index in [0.717, 1.165) is 37.8 Å². The van der Waals surface area contributed by atoms with Gasteiger partial charge >= 0.3 is 0 Å². The molecule has 2 N–H and O–H groups in total. The highest BCUT2D eigenvalue weighted by atomic mass is 16.5. The van der Waals surface area contributed by atoms with Gasteiger partial charge in [0.05, 0.1) is 25.4 Å². The Kier molecular flexibility index (Phi) is 6.60. The van der Waals surface area contributed by atoms with Crippen molar-refractivity contribution >= 4 is 5.96 Å². The molecule has 3 aliphatic heterocycles. The number of hydrogen-bond donors (Lipinski definition) is 2. The van der Waals surface area contributed by atoms with Crippen LogP contribution < -0.4 is 15.4 Å². The fourth-order valence-electron chi connectivity index (χ4n) is 5.27. The Morgan fingerprint density at radius 3 is 2.72 bits per heavy atom. The lowest BCUT2D eigenvalue weighted by Crippen LogP contribution is -2.47. The van der Waals surface area contributed by atoms with Gasteiger partial charge < -0.3 is 20.1 Å². The van der Waals surface area contributed by atoms with Crippen molar-refractivity contribution < 1.29 is 9.47 Å². The molecule has 0 aliphatic carbocycles. The van der Waals surface area contributed by atoms with Crippen LogP contribution in [-0.2, 0) is 4.74 Å². The molecule has 160 valence electrons. The molecule has 1 aromatic carbocycles. The molecule has 4 rings (SSSR count). The average molecular weight is 401 g/mol. The first-order valence-electron chi connectivity index (χ1n) is 11.2. The zero-order valence-electron chi connectivity index (χ0n) is 18.1. The molecule has 6 heteroatoms. The molecule has 6 nitrogen and oxygen atoms in total. The van der Waals surface area contributed by atoms with Crippen molar-refractivity contribution in [2.75, 3.05) is 33.8 Å². The molecule has 1 aromatic rings. The number of benzene rings is 1. The van der Waals surface area contributed by atoms with Crippen molar-refractivity contribution in [1.82, 2.24) is 15.5 Å². The third kappa shape index (κ3) is 4.69. The molecule has 5 atom stereocenters. The molecule has 3 aliphatic rings. The molecule has 3 heterocycles. The number of rotatable bonds is 6. The van der Waals surface area contributed by atoms with E-state index in [9.17, 15) is 0 Å². The van der Waals surface area contributed by atoms with Crippen LogP contribution in [0.3, 0.4) is 0 Å². The van der Waals surface area contributed by atoms with Gasteiger partial charge in [0.15, 0.2) is 5.96 Å². The van der Waals surface area contributed by atoms with E-state index in [-0.39, 0.29) is 0 Å². The highest BCUT2D eigenvalue weighted by Gasteiger charge is 2.41. The fraction of sp³-hybridized carbons (Fsp3) is 0.696. The van der Waals surface area contributed by atoms with E-state index >= 15 is 0 Å². The lowest BCUT2D eigenvalue weighted by Gasteiger charge is -2.39. The van der Waals surface area contributed by atoms with Crippen molar-refractivity contribution in [2.24, 2.45) is 10.9 Å². The molecule has 0 saturated carbocycles. The maximum Gasteiger partial charge on any atom is 0.191 e. The Balaban J connectivity index is 1.45. The van der Waals surface area contributed by atoms with Crippen molar-refractivity contribution in [1.29, 1.82) is 0 Å². The van der Waals surface area contributed by atoms with E-state index in [1.165, 1.54) is 31.2 Å². The standard InChI is InChI=1S/C23H36N4O2/c1-4-24-23(26-20-14-19-11-12-21(20)29-19)25-15-17-6-5-13-27(2)22(17)16-7-9-18(28-3)10-8-16/h7-10,17,19-22H,4-6,11-15H2,1-3H3,(H2,24,25,26). The molecule has 0 radical (unpaired) electrons. The Morgan fingerprint density at radius 2 is 2.07 bits per heavy atom.